The van der Waals surface area contributed by atoms with Gasteiger partial charge in [0.05, 0.1) is 5.54 Å². The molecular formula is C10H17N3O2. The highest BCUT2D eigenvalue weighted by atomic mass is 16.2. The van der Waals surface area contributed by atoms with Gasteiger partial charge in [-0.2, -0.15) is 0 Å². The predicted molar refractivity (Wildman–Crippen MR) is 55.2 cm³/mol. The van der Waals surface area contributed by atoms with Crippen LogP contribution >= 0.6 is 0 Å². The Morgan fingerprint density at radius 3 is 2.93 bits per heavy atom. The van der Waals surface area contributed by atoms with Gasteiger partial charge in [0.1, 0.15) is 6.04 Å². The van der Waals surface area contributed by atoms with Crippen molar-refractivity contribution in [1.29, 1.82) is 0 Å². The molecule has 0 radical (unpaired) electrons. The molecule has 2 aliphatic heterocycles. The summed E-state index contributed by atoms with van der Waals surface area (Å²) in [6.45, 7) is 3.77. The molecule has 2 aliphatic rings. The van der Waals surface area contributed by atoms with Crippen LogP contribution in [0.5, 0.6) is 0 Å². The standard InChI is InChI=1S/C10H17N3O2/c1-10(4-5-11-6-10)13-9(15)7-2-3-8(14)12-7/h7,11H,2-6H2,1H3,(H,12,14)(H,13,15)/t7-,10?/m1/s1. The third-order valence-corrected chi connectivity index (χ3v) is 3.11. The molecule has 0 bridgehead atoms. The first-order valence-corrected chi connectivity index (χ1v) is 5.41. The van der Waals surface area contributed by atoms with Gasteiger partial charge in [0, 0.05) is 13.0 Å². The van der Waals surface area contributed by atoms with Crippen LogP contribution < -0.4 is 16.0 Å². The van der Waals surface area contributed by atoms with Crippen molar-refractivity contribution in [2.45, 2.75) is 37.8 Å². The number of amides is 2. The van der Waals surface area contributed by atoms with Crippen LogP contribution in [0.25, 0.3) is 0 Å². The van der Waals surface area contributed by atoms with E-state index in [1.165, 1.54) is 0 Å². The fourth-order valence-corrected chi connectivity index (χ4v) is 2.12. The summed E-state index contributed by atoms with van der Waals surface area (Å²) in [6, 6.07) is -0.324. The number of rotatable bonds is 2. The van der Waals surface area contributed by atoms with Crippen LogP contribution in [-0.2, 0) is 9.59 Å². The third kappa shape index (κ3) is 2.28. The Morgan fingerprint density at radius 1 is 1.60 bits per heavy atom. The summed E-state index contributed by atoms with van der Waals surface area (Å²) in [6.07, 6.45) is 2.03. The summed E-state index contributed by atoms with van der Waals surface area (Å²) in [7, 11) is 0. The summed E-state index contributed by atoms with van der Waals surface area (Å²) in [4.78, 5) is 22.8. The van der Waals surface area contributed by atoms with Crippen LogP contribution in [0, 0.1) is 0 Å². The highest BCUT2D eigenvalue weighted by Gasteiger charge is 2.34. The molecule has 0 saturated carbocycles. The largest absolute Gasteiger partial charge is 0.348 e. The van der Waals surface area contributed by atoms with Crippen molar-refractivity contribution >= 4 is 11.8 Å². The minimum Gasteiger partial charge on any atom is -0.348 e. The van der Waals surface area contributed by atoms with Crippen LogP contribution in [0.15, 0.2) is 0 Å². The smallest absolute Gasteiger partial charge is 0.243 e. The van der Waals surface area contributed by atoms with E-state index in [0.29, 0.717) is 12.8 Å². The van der Waals surface area contributed by atoms with Crippen molar-refractivity contribution in [3.63, 3.8) is 0 Å². The Morgan fingerprint density at radius 2 is 2.40 bits per heavy atom. The molecule has 2 amide bonds. The third-order valence-electron chi connectivity index (χ3n) is 3.11. The van der Waals surface area contributed by atoms with Crippen molar-refractivity contribution in [2.75, 3.05) is 13.1 Å². The van der Waals surface area contributed by atoms with Crippen molar-refractivity contribution in [3.8, 4) is 0 Å². The maximum absolute atomic E-state index is 11.8. The zero-order valence-corrected chi connectivity index (χ0v) is 8.93. The van der Waals surface area contributed by atoms with E-state index < -0.39 is 0 Å². The maximum atomic E-state index is 11.8. The van der Waals surface area contributed by atoms with E-state index in [1.54, 1.807) is 0 Å². The van der Waals surface area contributed by atoms with Gasteiger partial charge in [0.15, 0.2) is 0 Å². The molecule has 5 nitrogen and oxygen atoms in total. The van der Waals surface area contributed by atoms with Crippen LogP contribution in [0.3, 0.4) is 0 Å². The summed E-state index contributed by atoms with van der Waals surface area (Å²) in [5.74, 6) is -0.0723. The monoisotopic (exact) mass is 211 g/mol. The summed E-state index contributed by atoms with van der Waals surface area (Å²) < 4.78 is 0. The van der Waals surface area contributed by atoms with Gasteiger partial charge >= 0.3 is 0 Å². The summed E-state index contributed by atoms with van der Waals surface area (Å²) in [5, 5.41) is 8.89. The second kappa shape index (κ2) is 3.81. The Balaban J connectivity index is 1.89. The number of carbonyl (C=O) groups is 2. The number of hydrogen-bond acceptors (Lipinski definition) is 3. The van der Waals surface area contributed by atoms with Gasteiger partial charge in [-0.05, 0) is 26.3 Å². The fraction of sp³-hybridized carbons (Fsp3) is 0.800. The number of nitrogens with one attached hydrogen (secondary N) is 3. The lowest BCUT2D eigenvalue weighted by atomic mass is 10.0. The maximum Gasteiger partial charge on any atom is 0.243 e. The molecule has 3 N–H and O–H groups in total. The zero-order chi connectivity index (χ0) is 10.9. The Hall–Kier alpha value is -1.10. The second-order valence-electron chi connectivity index (χ2n) is 4.64. The van der Waals surface area contributed by atoms with E-state index in [4.69, 9.17) is 0 Å². The molecule has 2 fully saturated rings. The summed E-state index contributed by atoms with van der Waals surface area (Å²) in [5.41, 5.74) is -0.148. The van der Waals surface area contributed by atoms with E-state index in [9.17, 15) is 9.59 Å². The molecule has 0 spiro atoms. The summed E-state index contributed by atoms with van der Waals surface area (Å²) >= 11 is 0. The van der Waals surface area contributed by atoms with E-state index >= 15 is 0 Å². The fourth-order valence-electron chi connectivity index (χ4n) is 2.12. The van der Waals surface area contributed by atoms with Gasteiger partial charge in [-0.3, -0.25) is 9.59 Å². The van der Waals surface area contributed by atoms with Crippen molar-refractivity contribution < 1.29 is 9.59 Å². The lowest BCUT2D eigenvalue weighted by molar-refractivity contribution is -0.126. The highest BCUT2D eigenvalue weighted by molar-refractivity contribution is 5.91. The quantitative estimate of drug-likeness (QED) is 0.556. The van der Waals surface area contributed by atoms with E-state index in [2.05, 4.69) is 16.0 Å². The van der Waals surface area contributed by atoms with E-state index in [1.807, 2.05) is 6.92 Å². The topological polar surface area (TPSA) is 70.2 Å². The molecule has 0 aliphatic carbocycles. The molecule has 2 atom stereocenters. The second-order valence-corrected chi connectivity index (χ2v) is 4.64. The van der Waals surface area contributed by atoms with Crippen molar-refractivity contribution in [2.24, 2.45) is 0 Å². The zero-order valence-electron chi connectivity index (χ0n) is 8.93. The Kier molecular flexibility index (Phi) is 2.65. The van der Waals surface area contributed by atoms with Crippen molar-refractivity contribution in [1.82, 2.24) is 16.0 Å². The minimum absolute atomic E-state index is 0.0233. The molecular weight excluding hydrogens is 194 g/mol. The lowest BCUT2D eigenvalue weighted by Gasteiger charge is -2.26. The molecule has 0 aromatic rings. The Bertz CT molecular complexity index is 284. The first kappa shape index (κ1) is 10.4. The van der Waals surface area contributed by atoms with Gasteiger partial charge in [-0.25, -0.2) is 0 Å². The van der Waals surface area contributed by atoms with Crippen LogP contribution in [-0.4, -0.2) is 36.5 Å². The molecule has 84 valence electrons. The molecule has 15 heavy (non-hydrogen) atoms. The van der Waals surface area contributed by atoms with E-state index in [-0.39, 0.29) is 23.4 Å². The molecule has 2 heterocycles. The van der Waals surface area contributed by atoms with E-state index in [0.717, 1.165) is 19.5 Å². The van der Waals surface area contributed by atoms with Gasteiger partial charge in [0.25, 0.3) is 0 Å². The van der Waals surface area contributed by atoms with Gasteiger partial charge < -0.3 is 16.0 Å². The molecule has 5 heteroatoms. The minimum atomic E-state index is -0.324. The lowest BCUT2D eigenvalue weighted by Crippen LogP contribution is -2.53. The average molecular weight is 211 g/mol. The number of carbonyl (C=O) groups excluding carboxylic acids is 2. The van der Waals surface area contributed by atoms with Crippen LogP contribution in [0.4, 0.5) is 0 Å². The normalized spacial score (nSPS) is 35.3. The Labute approximate surface area is 89.0 Å². The SMILES string of the molecule is CC1(NC(=O)[C@H]2CCC(=O)N2)CCNC1. The van der Waals surface area contributed by atoms with Crippen LogP contribution in [0.2, 0.25) is 0 Å². The highest BCUT2D eigenvalue weighted by Crippen LogP contribution is 2.15. The van der Waals surface area contributed by atoms with Crippen LogP contribution in [0.1, 0.15) is 26.2 Å². The molecule has 0 aromatic heterocycles. The van der Waals surface area contributed by atoms with Gasteiger partial charge in [-0.15, -0.1) is 0 Å². The van der Waals surface area contributed by atoms with Gasteiger partial charge in [0.2, 0.25) is 11.8 Å². The molecule has 2 rings (SSSR count). The first-order chi connectivity index (χ1) is 7.09. The average Bonchev–Trinajstić information content (AvgIpc) is 2.75. The number of hydrogen-bond donors (Lipinski definition) is 3. The molecule has 2 saturated heterocycles. The van der Waals surface area contributed by atoms with Gasteiger partial charge in [-0.1, -0.05) is 0 Å². The predicted octanol–water partition coefficient (Wildman–Crippen LogP) is -0.867. The molecule has 0 aromatic carbocycles. The first-order valence-electron chi connectivity index (χ1n) is 5.41. The molecule has 1 unspecified atom stereocenters. The van der Waals surface area contributed by atoms with Crippen molar-refractivity contribution in [3.05, 3.63) is 0 Å².